The Morgan fingerprint density at radius 2 is 1.93 bits per heavy atom. The second-order valence-corrected chi connectivity index (χ2v) is 6.55. The summed E-state index contributed by atoms with van der Waals surface area (Å²) in [4.78, 5) is 46.9. The number of nitro groups is 1. The summed E-state index contributed by atoms with van der Waals surface area (Å²) in [6, 6.07) is 2.50. The van der Waals surface area contributed by atoms with E-state index in [0.29, 0.717) is 17.9 Å². The second kappa shape index (κ2) is 8.17. The number of nitrogens with two attached hydrogens (primary N) is 1. The fraction of sp³-hybridized carbons (Fsp3) is 0.389. The van der Waals surface area contributed by atoms with Gasteiger partial charge in [-0.3, -0.25) is 24.5 Å². The quantitative estimate of drug-likeness (QED) is 0.410. The molecule has 150 valence electrons. The monoisotopic (exact) mass is 390 g/mol. The number of ketones is 1. The first-order chi connectivity index (χ1) is 13.1. The molecule has 1 amide bonds. The van der Waals surface area contributed by atoms with Gasteiger partial charge in [-0.15, -0.1) is 0 Å². The summed E-state index contributed by atoms with van der Waals surface area (Å²) in [6.07, 6.45) is 0.930. The van der Waals surface area contributed by atoms with E-state index in [0.717, 1.165) is 22.5 Å². The SMILES string of the molecule is COC[C@@H](C)n1c(C)cc(C(=O)Cn2cc([N+](=O)[O-])cc(C(N)=O)c2=O)c1C. The third-order valence-electron chi connectivity index (χ3n) is 4.50. The van der Waals surface area contributed by atoms with Crippen molar-refractivity contribution in [2.75, 3.05) is 13.7 Å². The molecule has 0 aliphatic rings. The zero-order valence-corrected chi connectivity index (χ0v) is 16.1. The molecule has 2 N–H and O–H groups in total. The number of amides is 1. The van der Waals surface area contributed by atoms with Crippen LogP contribution >= 0.6 is 0 Å². The van der Waals surface area contributed by atoms with Crippen molar-refractivity contribution in [3.05, 3.63) is 61.3 Å². The van der Waals surface area contributed by atoms with E-state index in [4.69, 9.17) is 10.5 Å². The molecule has 10 heteroatoms. The van der Waals surface area contributed by atoms with Crippen molar-refractivity contribution in [3.8, 4) is 0 Å². The Morgan fingerprint density at radius 1 is 1.29 bits per heavy atom. The summed E-state index contributed by atoms with van der Waals surface area (Å²) >= 11 is 0. The Bertz CT molecular complexity index is 1000. The number of aryl methyl sites for hydroxylation is 1. The molecule has 0 aliphatic heterocycles. The lowest BCUT2D eigenvalue weighted by molar-refractivity contribution is -0.385. The van der Waals surface area contributed by atoms with Gasteiger partial charge in [0.15, 0.2) is 5.78 Å². The van der Waals surface area contributed by atoms with Gasteiger partial charge in [0.25, 0.3) is 17.2 Å². The molecule has 2 heterocycles. The van der Waals surface area contributed by atoms with E-state index >= 15 is 0 Å². The molecule has 1 atom stereocenters. The van der Waals surface area contributed by atoms with Crippen LogP contribution in [0, 0.1) is 24.0 Å². The zero-order valence-electron chi connectivity index (χ0n) is 16.1. The lowest BCUT2D eigenvalue weighted by Crippen LogP contribution is -2.31. The smallest absolute Gasteiger partial charge is 0.286 e. The van der Waals surface area contributed by atoms with Crippen LogP contribution in [0.15, 0.2) is 23.1 Å². The van der Waals surface area contributed by atoms with E-state index in [2.05, 4.69) is 0 Å². The normalized spacial score (nSPS) is 12.0. The Morgan fingerprint density at radius 3 is 2.46 bits per heavy atom. The predicted octanol–water partition coefficient (Wildman–Crippen LogP) is 1.36. The highest BCUT2D eigenvalue weighted by Gasteiger charge is 2.22. The Labute approximate surface area is 160 Å². The van der Waals surface area contributed by atoms with Gasteiger partial charge in [0.1, 0.15) is 5.56 Å². The topological polar surface area (TPSA) is 139 Å². The van der Waals surface area contributed by atoms with Crippen LogP contribution in [0.2, 0.25) is 0 Å². The molecule has 0 aromatic carbocycles. The number of nitrogens with zero attached hydrogens (tertiary/aromatic N) is 3. The van der Waals surface area contributed by atoms with Crippen LogP contribution in [-0.4, -0.2) is 39.5 Å². The van der Waals surface area contributed by atoms with Crippen LogP contribution in [-0.2, 0) is 11.3 Å². The maximum Gasteiger partial charge on any atom is 0.286 e. The minimum atomic E-state index is -1.10. The highest BCUT2D eigenvalue weighted by Crippen LogP contribution is 2.22. The molecule has 2 aromatic heterocycles. The van der Waals surface area contributed by atoms with E-state index in [1.54, 1.807) is 20.1 Å². The van der Waals surface area contributed by atoms with Crippen molar-refractivity contribution in [1.82, 2.24) is 9.13 Å². The van der Waals surface area contributed by atoms with Crippen LogP contribution in [0.4, 0.5) is 5.69 Å². The number of Topliss-reactive ketones (excluding diaryl/α,β-unsaturated/α-hetero) is 1. The number of ether oxygens (including phenoxy) is 1. The van der Waals surface area contributed by atoms with Crippen LogP contribution in [0.5, 0.6) is 0 Å². The maximum atomic E-state index is 12.8. The number of primary amides is 1. The second-order valence-electron chi connectivity index (χ2n) is 6.55. The van der Waals surface area contributed by atoms with Gasteiger partial charge < -0.3 is 19.6 Å². The summed E-state index contributed by atoms with van der Waals surface area (Å²) in [6.45, 7) is 5.57. The minimum Gasteiger partial charge on any atom is -0.383 e. The van der Waals surface area contributed by atoms with Gasteiger partial charge in [-0.05, 0) is 26.8 Å². The van der Waals surface area contributed by atoms with Crippen molar-refractivity contribution < 1.29 is 19.2 Å². The number of pyridine rings is 1. The maximum absolute atomic E-state index is 12.8. The summed E-state index contributed by atoms with van der Waals surface area (Å²) < 4.78 is 7.95. The number of carbonyl (C=O) groups excluding carboxylic acids is 2. The van der Waals surface area contributed by atoms with Crippen molar-refractivity contribution >= 4 is 17.4 Å². The van der Waals surface area contributed by atoms with E-state index in [9.17, 15) is 24.5 Å². The number of methoxy groups -OCH3 is 1. The molecular weight excluding hydrogens is 368 g/mol. The van der Waals surface area contributed by atoms with Crippen molar-refractivity contribution in [2.45, 2.75) is 33.4 Å². The van der Waals surface area contributed by atoms with Crippen LogP contribution in [0.1, 0.15) is 45.1 Å². The molecule has 0 bridgehead atoms. The Kier molecular flexibility index (Phi) is 6.14. The lowest BCUT2D eigenvalue weighted by Gasteiger charge is -2.17. The first kappa shape index (κ1) is 21.0. The standard InChI is InChI=1S/C18H22N4O6/c1-10-5-14(12(3)21(10)11(2)9-28-4)16(23)8-20-7-13(22(26)27)6-15(17(19)24)18(20)25/h5-7,11H,8-9H2,1-4H3,(H2,19,24)/t11-/m1/s1. The molecule has 10 nitrogen and oxygen atoms in total. The van der Waals surface area contributed by atoms with E-state index in [1.807, 2.05) is 18.4 Å². The molecule has 0 unspecified atom stereocenters. The Balaban J connectivity index is 2.46. The molecule has 0 saturated heterocycles. The minimum absolute atomic E-state index is 0.00597. The zero-order chi connectivity index (χ0) is 21.2. The fourth-order valence-electron chi connectivity index (χ4n) is 3.31. The molecule has 0 aliphatic carbocycles. The predicted molar refractivity (Wildman–Crippen MR) is 101 cm³/mol. The van der Waals surface area contributed by atoms with Gasteiger partial charge in [-0.25, -0.2) is 0 Å². The third kappa shape index (κ3) is 4.01. The number of carbonyl (C=O) groups is 2. The van der Waals surface area contributed by atoms with Crippen molar-refractivity contribution in [3.63, 3.8) is 0 Å². The summed E-state index contributed by atoms with van der Waals surface area (Å²) in [7, 11) is 1.59. The van der Waals surface area contributed by atoms with Gasteiger partial charge in [0.2, 0.25) is 0 Å². The number of aromatic nitrogens is 2. The van der Waals surface area contributed by atoms with Gasteiger partial charge in [-0.1, -0.05) is 0 Å². The fourth-order valence-corrected chi connectivity index (χ4v) is 3.31. The van der Waals surface area contributed by atoms with Crippen molar-refractivity contribution in [1.29, 1.82) is 0 Å². The van der Waals surface area contributed by atoms with E-state index in [1.165, 1.54) is 0 Å². The van der Waals surface area contributed by atoms with Crippen LogP contribution in [0.3, 0.4) is 0 Å². The van der Waals surface area contributed by atoms with Gasteiger partial charge in [0.05, 0.1) is 30.3 Å². The number of hydrogen-bond donors (Lipinski definition) is 1. The lowest BCUT2D eigenvalue weighted by atomic mass is 10.1. The highest BCUT2D eigenvalue weighted by atomic mass is 16.6. The molecule has 2 aromatic rings. The third-order valence-corrected chi connectivity index (χ3v) is 4.50. The average molecular weight is 390 g/mol. The first-order valence-corrected chi connectivity index (χ1v) is 8.47. The van der Waals surface area contributed by atoms with Gasteiger partial charge >= 0.3 is 0 Å². The van der Waals surface area contributed by atoms with Crippen LogP contribution < -0.4 is 11.3 Å². The van der Waals surface area contributed by atoms with E-state index < -0.39 is 40.0 Å². The molecule has 0 spiro atoms. The molecule has 0 saturated carbocycles. The summed E-state index contributed by atoms with van der Waals surface area (Å²) in [5.41, 5.74) is 5.16. The first-order valence-electron chi connectivity index (χ1n) is 8.47. The molecule has 2 rings (SSSR count). The van der Waals surface area contributed by atoms with E-state index in [-0.39, 0.29) is 6.04 Å². The molecule has 28 heavy (non-hydrogen) atoms. The molecular formula is C18H22N4O6. The Hall–Kier alpha value is -3.27. The largest absolute Gasteiger partial charge is 0.383 e. The number of rotatable bonds is 8. The van der Waals surface area contributed by atoms with Gasteiger partial charge in [-0.2, -0.15) is 0 Å². The summed E-state index contributed by atoms with van der Waals surface area (Å²) in [5.74, 6) is -1.51. The average Bonchev–Trinajstić information content (AvgIpc) is 2.90. The molecule has 0 radical (unpaired) electrons. The van der Waals surface area contributed by atoms with Gasteiger partial charge in [0, 0.05) is 30.1 Å². The van der Waals surface area contributed by atoms with Crippen LogP contribution in [0.25, 0.3) is 0 Å². The van der Waals surface area contributed by atoms with Crippen molar-refractivity contribution in [2.24, 2.45) is 5.73 Å². The summed E-state index contributed by atoms with van der Waals surface area (Å²) in [5, 5.41) is 11.1. The number of hydrogen-bond acceptors (Lipinski definition) is 6. The highest BCUT2D eigenvalue weighted by molar-refractivity contribution is 5.97. The molecule has 0 fully saturated rings.